The van der Waals surface area contributed by atoms with Gasteiger partial charge in [0.15, 0.2) is 0 Å². The Hall–Kier alpha value is -3.35. The van der Waals surface area contributed by atoms with Crippen molar-refractivity contribution < 1.29 is 32.2 Å². The number of halogens is 5. The van der Waals surface area contributed by atoms with Crippen molar-refractivity contribution in [2.45, 2.75) is 38.0 Å². The Labute approximate surface area is 235 Å². The van der Waals surface area contributed by atoms with Crippen LogP contribution < -0.4 is 4.74 Å². The van der Waals surface area contributed by atoms with Crippen molar-refractivity contribution in [3.63, 3.8) is 0 Å². The Morgan fingerprint density at radius 1 is 1.23 bits per heavy atom. The first-order chi connectivity index (χ1) is 19.0. The normalized spacial score (nSPS) is 18.6. The number of carboxylic acids is 1. The smallest absolute Gasteiger partial charge is 0.416 e. The van der Waals surface area contributed by atoms with Crippen LogP contribution in [0.25, 0.3) is 10.9 Å². The fourth-order valence-electron chi connectivity index (χ4n) is 5.24. The van der Waals surface area contributed by atoms with Gasteiger partial charge in [-0.3, -0.25) is 14.7 Å². The van der Waals surface area contributed by atoms with Crippen LogP contribution in [0.4, 0.5) is 17.6 Å². The number of fused-ring (bicyclic) bond motifs is 1. The molecule has 10 heteroatoms. The van der Waals surface area contributed by atoms with Crippen LogP contribution in [0.2, 0.25) is 5.02 Å². The molecule has 5 nitrogen and oxygen atoms in total. The first-order valence-corrected chi connectivity index (χ1v) is 13.3. The molecule has 1 fully saturated rings. The lowest BCUT2D eigenvalue weighted by molar-refractivity contribution is -0.139. The van der Waals surface area contributed by atoms with Gasteiger partial charge in [0, 0.05) is 30.1 Å². The van der Waals surface area contributed by atoms with Crippen molar-refractivity contribution in [2.24, 2.45) is 11.8 Å². The van der Waals surface area contributed by atoms with E-state index >= 15 is 4.39 Å². The summed E-state index contributed by atoms with van der Waals surface area (Å²) in [4.78, 5) is 17.9. The van der Waals surface area contributed by atoms with E-state index in [2.05, 4.69) is 16.8 Å². The number of nitrogens with zero attached hydrogens (tertiary/aromatic N) is 2. The Morgan fingerprint density at radius 2 is 2.02 bits per heavy atom. The summed E-state index contributed by atoms with van der Waals surface area (Å²) in [6.45, 7) is 1.33. The second-order valence-corrected chi connectivity index (χ2v) is 10.4. The van der Waals surface area contributed by atoms with Crippen LogP contribution in [-0.2, 0) is 11.0 Å². The number of pyridine rings is 1. The molecule has 4 rings (SSSR count). The van der Waals surface area contributed by atoms with Gasteiger partial charge >= 0.3 is 12.1 Å². The average molecular weight is 577 g/mol. The number of carboxylic acid groups (broad SMARTS) is 1. The molecule has 2 aromatic carbocycles. The van der Waals surface area contributed by atoms with Crippen molar-refractivity contribution in [3.05, 3.63) is 70.4 Å². The van der Waals surface area contributed by atoms with Crippen molar-refractivity contribution in [1.29, 1.82) is 0 Å². The third-order valence-electron chi connectivity index (χ3n) is 7.34. The summed E-state index contributed by atoms with van der Waals surface area (Å²) in [6, 6.07) is 9.99. The molecule has 1 saturated heterocycles. The quantitative estimate of drug-likeness (QED) is 0.227. The third-order valence-corrected chi connectivity index (χ3v) is 7.67. The van der Waals surface area contributed by atoms with Crippen LogP contribution in [0.3, 0.4) is 0 Å². The number of aliphatic carboxylic acids is 1. The van der Waals surface area contributed by atoms with Crippen LogP contribution in [0.15, 0.2) is 48.7 Å². The van der Waals surface area contributed by atoms with Gasteiger partial charge in [0.25, 0.3) is 0 Å². The molecule has 1 aliphatic rings. The van der Waals surface area contributed by atoms with E-state index in [1.807, 2.05) is 4.90 Å². The van der Waals surface area contributed by atoms with E-state index in [0.29, 0.717) is 48.1 Å². The molecule has 40 heavy (non-hydrogen) atoms. The molecular weight excluding hydrogens is 548 g/mol. The van der Waals surface area contributed by atoms with E-state index in [4.69, 9.17) is 16.3 Å². The number of aromatic nitrogens is 1. The lowest BCUT2D eigenvalue weighted by Crippen LogP contribution is -2.41. The molecule has 0 spiro atoms. The van der Waals surface area contributed by atoms with Crippen LogP contribution >= 0.6 is 11.6 Å². The fourth-order valence-corrected chi connectivity index (χ4v) is 5.41. The van der Waals surface area contributed by atoms with Gasteiger partial charge < -0.3 is 9.84 Å². The molecule has 2 heterocycles. The Bertz CT molecular complexity index is 1420. The molecule has 1 aromatic heterocycles. The van der Waals surface area contributed by atoms with Crippen LogP contribution in [0, 0.1) is 23.7 Å². The van der Waals surface area contributed by atoms with Gasteiger partial charge in [-0.1, -0.05) is 23.4 Å². The largest absolute Gasteiger partial charge is 0.497 e. The lowest BCUT2D eigenvalue weighted by Gasteiger charge is -2.37. The Balaban J connectivity index is 1.40. The zero-order valence-corrected chi connectivity index (χ0v) is 22.6. The second-order valence-electron chi connectivity index (χ2n) is 9.96. The molecule has 0 radical (unpaired) electrons. The molecule has 0 saturated carbocycles. The number of methoxy groups -OCH3 is 1. The van der Waals surface area contributed by atoms with Crippen molar-refractivity contribution in [1.82, 2.24) is 9.88 Å². The number of carbonyl (C=O) groups is 1. The molecule has 0 amide bonds. The van der Waals surface area contributed by atoms with Crippen LogP contribution in [-0.4, -0.2) is 47.7 Å². The van der Waals surface area contributed by atoms with E-state index in [1.165, 1.54) is 6.07 Å². The topological polar surface area (TPSA) is 62.7 Å². The third kappa shape index (κ3) is 7.43. The number of hydrogen-bond acceptors (Lipinski definition) is 4. The number of ether oxygens (including phenoxy) is 1. The Morgan fingerprint density at radius 3 is 2.75 bits per heavy atom. The minimum atomic E-state index is -4.50. The van der Waals surface area contributed by atoms with E-state index in [-0.39, 0.29) is 41.8 Å². The number of likely N-dealkylation sites (tertiary alicyclic amines) is 1. The maximum Gasteiger partial charge on any atom is 0.416 e. The van der Waals surface area contributed by atoms with Gasteiger partial charge in [0.05, 0.1) is 29.8 Å². The minimum absolute atomic E-state index is 0.0131. The summed E-state index contributed by atoms with van der Waals surface area (Å²) < 4.78 is 59.8. The van der Waals surface area contributed by atoms with Crippen molar-refractivity contribution in [2.75, 3.05) is 26.7 Å². The zero-order chi connectivity index (χ0) is 28.9. The zero-order valence-electron chi connectivity index (χ0n) is 21.8. The van der Waals surface area contributed by atoms with Crippen LogP contribution in [0.5, 0.6) is 5.75 Å². The number of benzene rings is 2. The van der Waals surface area contributed by atoms with Crippen molar-refractivity contribution >= 4 is 28.5 Å². The van der Waals surface area contributed by atoms with Gasteiger partial charge in [0.1, 0.15) is 11.9 Å². The highest BCUT2D eigenvalue weighted by atomic mass is 35.5. The summed E-state index contributed by atoms with van der Waals surface area (Å²) in [5, 5.41) is 10.3. The molecule has 1 unspecified atom stereocenters. The predicted molar refractivity (Wildman–Crippen MR) is 145 cm³/mol. The van der Waals surface area contributed by atoms with E-state index < -0.39 is 23.9 Å². The van der Waals surface area contributed by atoms with Crippen molar-refractivity contribution in [3.8, 4) is 17.6 Å². The molecule has 3 atom stereocenters. The SMILES string of the molecule is COc1ccc2nccc(C(F)CC[C@@H]3CCN(CC#Cc4cc(C(F)(F)F)ccc4Cl)C[C@@H]3CC(=O)O)c2c1. The van der Waals surface area contributed by atoms with E-state index in [1.54, 1.807) is 37.6 Å². The first kappa shape index (κ1) is 29.6. The van der Waals surface area contributed by atoms with Gasteiger partial charge in [0.2, 0.25) is 0 Å². The number of alkyl halides is 4. The molecule has 0 bridgehead atoms. The number of rotatable bonds is 8. The lowest BCUT2D eigenvalue weighted by atomic mass is 9.79. The van der Waals surface area contributed by atoms with Gasteiger partial charge in [-0.25, -0.2) is 4.39 Å². The minimum Gasteiger partial charge on any atom is -0.497 e. The highest BCUT2D eigenvalue weighted by Crippen LogP contribution is 2.36. The Kier molecular flexibility index (Phi) is 9.54. The maximum atomic E-state index is 15.5. The van der Waals surface area contributed by atoms with E-state index in [0.717, 1.165) is 12.1 Å². The standard InChI is InChI=1S/C30H29ClF4N2O3/c1-40-23-6-9-28-25(17-23)24(10-12-36-28)27(32)8-4-19-11-14-37(18-21(19)16-29(38)39)13-2-3-20-15-22(30(33,34)35)5-7-26(20)31/h5-7,9-10,12,15,17,19,21,27H,4,8,11,13-14,16,18H2,1H3,(H,38,39)/t19-,21+,27?/m1/s1. The summed E-state index contributed by atoms with van der Waals surface area (Å²) in [7, 11) is 1.55. The predicted octanol–water partition coefficient (Wildman–Crippen LogP) is 7.17. The fraction of sp³-hybridized carbons (Fsp3) is 0.400. The molecule has 1 aliphatic heterocycles. The first-order valence-electron chi connectivity index (χ1n) is 12.9. The highest BCUT2D eigenvalue weighted by molar-refractivity contribution is 6.31. The maximum absolute atomic E-state index is 15.5. The average Bonchev–Trinajstić information content (AvgIpc) is 2.91. The summed E-state index contributed by atoms with van der Waals surface area (Å²) in [5.41, 5.74) is 0.461. The summed E-state index contributed by atoms with van der Waals surface area (Å²) >= 11 is 6.03. The van der Waals surface area contributed by atoms with Gasteiger partial charge in [-0.15, -0.1) is 0 Å². The van der Waals surface area contributed by atoms with E-state index in [9.17, 15) is 23.1 Å². The molecule has 212 valence electrons. The van der Waals surface area contributed by atoms with Gasteiger partial charge in [-0.05, 0) is 85.7 Å². The number of hydrogen-bond donors (Lipinski definition) is 1. The summed E-state index contributed by atoms with van der Waals surface area (Å²) in [6.07, 6.45) is -2.79. The highest BCUT2D eigenvalue weighted by Gasteiger charge is 2.32. The molecule has 3 aromatic rings. The summed E-state index contributed by atoms with van der Waals surface area (Å²) in [5.74, 6) is 5.09. The molecule has 0 aliphatic carbocycles. The van der Waals surface area contributed by atoms with Gasteiger partial charge in [-0.2, -0.15) is 13.2 Å². The second kappa shape index (κ2) is 12.9. The monoisotopic (exact) mass is 576 g/mol. The van der Waals surface area contributed by atoms with Crippen LogP contribution in [0.1, 0.15) is 48.5 Å². The molecule has 1 N–H and O–H groups in total. The number of piperidine rings is 1. The molecular formula is C30H29ClF4N2O3.